The van der Waals surface area contributed by atoms with E-state index in [0.717, 1.165) is 5.56 Å². The lowest BCUT2D eigenvalue weighted by Crippen LogP contribution is -2.17. The molecule has 0 amide bonds. The van der Waals surface area contributed by atoms with Gasteiger partial charge in [0.15, 0.2) is 0 Å². The summed E-state index contributed by atoms with van der Waals surface area (Å²) in [4.78, 5) is 11.4. The van der Waals surface area contributed by atoms with E-state index < -0.39 is 0 Å². The smallest absolute Gasteiger partial charge is 0.334 e. The van der Waals surface area contributed by atoms with Crippen LogP contribution < -0.4 is 0 Å². The molecule has 3 heteroatoms. The minimum atomic E-state index is -0.328. The number of hydrogen-bond acceptors (Lipinski definition) is 3. The average Bonchev–Trinajstić information content (AvgIpc) is 2.29. The quantitative estimate of drug-likeness (QED) is 0.752. The fourth-order valence-corrected chi connectivity index (χ4v) is 1.84. The molecule has 1 unspecified atom stereocenters. The highest BCUT2D eigenvalue weighted by molar-refractivity contribution is 5.83. The molecule has 2 rings (SSSR count). The second kappa shape index (κ2) is 5.04. The second-order valence-corrected chi connectivity index (χ2v) is 4.08. The summed E-state index contributed by atoms with van der Waals surface area (Å²) in [5.74, 6) is 0.375. The number of ether oxygens (including phenoxy) is 2. The number of carbonyl (C=O) groups is 1. The third-order valence-corrected chi connectivity index (χ3v) is 2.70. The molecular weight excluding hydrogens is 216 g/mol. The second-order valence-electron chi connectivity index (χ2n) is 4.08. The molecule has 0 radical (unpaired) electrons. The normalized spacial score (nSPS) is 19.5. The molecule has 0 saturated carbocycles. The topological polar surface area (TPSA) is 35.5 Å². The summed E-state index contributed by atoms with van der Waals surface area (Å²) in [6, 6.07) is 8.01. The van der Waals surface area contributed by atoms with E-state index in [4.69, 9.17) is 9.47 Å². The molecule has 0 N–H and O–H groups in total. The summed E-state index contributed by atoms with van der Waals surface area (Å²) in [7, 11) is 0. The van der Waals surface area contributed by atoms with Crippen LogP contribution in [0.4, 0.5) is 0 Å². The molecule has 1 aromatic carbocycles. The summed E-state index contributed by atoms with van der Waals surface area (Å²) in [5, 5.41) is 0. The molecule has 0 fully saturated rings. The molecule has 0 aromatic heterocycles. The molecule has 1 heterocycles. The van der Waals surface area contributed by atoms with Crippen LogP contribution in [0.1, 0.15) is 30.6 Å². The highest BCUT2D eigenvalue weighted by Gasteiger charge is 2.23. The largest absolute Gasteiger partial charge is 0.498 e. The van der Waals surface area contributed by atoms with Crippen molar-refractivity contribution in [1.82, 2.24) is 0 Å². The summed E-state index contributed by atoms with van der Waals surface area (Å²) in [6.45, 7) is 4.50. The number of hydrogen-bond donors (Lipinski definition) is 0. The highest BCUT2D eigenvalue weighted by Crippen LogP contribution is 2.29. The molecule has 0 aliphatic carbocycles. The van der Waals surface area contributed by atoms with Crippen LogP contribution in [-0.2, 0) is 14.3 Å². The maximum absolute atomic E-state index is 11.4. The van der Waals surface area contributed by atoms with Crippen LogP contribution in [0.25, 0.3) is 0 Å². The number of esters is 1. The van der Waals surface area contributed by atoms with Crippen LogP contribution in [0.15, 0.2) is 36.1 Å². The van der Waals surface area contributed by atoms with Gasteiger partial charge in [-0.1, -0.05) is 29.8 Å². The van der Waals surface area contributed by atoms with Gasteiger partial charge in [0, 0.05) is 6.42 Å². The van der Waals surface area contributed by atoms with Gasteiger partial charge in [0.05, 0.1) is 12.7 Å². The molecule has 90 valence electrons. The highest BCUT2D eigenvalue weighted by atomic mass is 16.6. The lowest BCUT2D eigenvalue weighted by Gasteiger charge is -2.23. The van der Waals surface area contributed by atoms with Crippen LogP contribution in [0.2, 0.25) is 0 Å². The standard InChI is InChI=1S/C14H16O3/c1-3-16-12-8-13(17-14(15)9-12)11-6-4-10(2)5-7-11/h4-7,9,13H,3,8H2,1-2H3. The predicted molar refractivity (Wildman–Crippen MR) is 64.3 cm³/mol. The lowest BCUT2D eigenvalue weighted by molar-refractivity contribution is -0.145. The molecule has 1 aliphatic heterocycles. The average molecular weight is 232 g/mol. The van der Waals surface area contributed by atoms with Crippen molar-refractivity contribution >= 4 is 5.97 Å². The first kappa shape index (κ1) is 11.7. The zero-order valence-electron chi connectivity index (χ0n) is 10.1. The van der Waals surface area contributed by atoms with E-state index in [1.807, 2.05) is 38.1 Å². The van der Waals surface area contributed by atoms with Crippen molar-refractivity contribution in [2.24, 2.45) is 0 Å². The van der Waals surface area contributed by atoms with Crippen molar-refractivity contribution in [3.05, 3.63) is 47.2 Å². The van der Waals surface area contributed by atoms with Crippen molar-refractivity contribution in [3.63, 3.8) is 0 Å². The first-order chi connectivity index (χ1) is 8.19. The number of cyclic esters (lactones) is 1. The van der Waals surface area contributed by atoms with Gasteiger partial charge in [0.2, 0.25) is 0 Å². The Morgan fingerprint density at radius 2 is 2.06 bits per heavy atom. The van der Waals surface area contributed by atoms with E-state index in [0.29, 0.717) is 18.8 Å². The third kappa shape index (κ3) is 2.87. The van der Waals surface area contributed by atoms with Gasteiger partial charge in [-0.15, -0.1) is 0 Å². The molecular formula is C14H16O3. The predicted octanol–water partition coefficient (Wildman–Crippen LogP) is 2.90. The van der Waals surface area contributed by atoms with E-state index in [-0.39, 0.29) is 12.1 Å². The summed E-state index contributed by atoms with van der Waals surface area (Å²) in [6.07, 6.45) is 1.81. The fraction of sp³-hybridized carbons (Fsp3) is 0.357. The van der Waals surface area contributed by atoms with Gasteiger partial charge in [-0.2, -0.15) is 0 Å². The summed E-state index contributed by atoms with van der Waals surface area (Å²) in [5.41, 5.74) is 2.20. The van der Waals surface area contributed by atoms with Crippen molar-refractivity contribution in [1.29, 1.82) is 0 Å². The minimum absolute atomic E-state index is 0.227. The van der Waals surface area contributed by atoms with Gasteiger partial charge in [0.25, 0.3) is 0 Å². The first-order valence-electron chi connectivity index (χ1n) is 5.79. The monoisotopic (exact) mass is 232 g/mol. The Bertz CT molecular complexity index is 431. The zero-order valence-corrected chi connectivity index (χ0v) is 10.1. The zero-order chi connectivity index (χ0) is 12.3. The van der Waals surface area contributed by atoms with Crippen molar-refractivity contribution < 1.29 is 14.3 Å². The lowest BCUT2D eigenvalue weighted by atomic mass is 10.0. The SMILES string of the molecule is CCOC1=CC(=O)OC(c2ccc(C)cc2)C1. The van der Waals surface area contributed by atoms with Crippen LogP contribution in [0.3, 0.4) is 0 Å². The van der Waals surface area contributed by atoms with E-state index in [1.165, 1.54) is 11.6 Å². The molecule has 0 bridgehead atoms. The third-order valence-electron chi connectivity index (χ3n) is 2.70. The van der Waals surface area contributed by atoms with E-state index >= 15 is 0 Å². The molecule has 3 nitrogen and oxygen atoms in total. The minimum Gasteiger partial charge on any atom is -0.498 e. The number of benzene rings is 1. The fourth-order valence-electron chi connectivity index (χ4n) is 1.84. The van der Waals surface area contributed by atoms with Crippen molar-refractivity contribution in [2.75, 3.05) is 6.61 Å². The maximum Gasteiger partial charge on any atom is 0.334 e. The number of rotatable bonds is 3. The van der Waals surface area contributed by atoms with Crippen molar-refractivity contribution in [3.8, 4) is 0 Å². The molecule has 17 heavy (non-hydrogen) atoms. The first-order valence-corrected chi connectivity index (χ1v) is 5.79. The Hall–Kier alpha value is -1.77. The Labute approximate surface area is 101 Å². The Morgan fingerprint density at radius 3 is 2.71 bits per heavy atom. The van der Waals surface area contributed by atoms with E-state index in [2.05, 4.69) is 0 Å². The van der Waals surface area contributed by atoms with E-state index in [9.17, 15) is 4.79 Å². The molecule has 0 saturated heterocycles. The van der Waals surface area contributed by atoms with E-state index in [1.54, 1.807) is 0 Å². The summed E-state index contributed by atoms with van der Waals surface area (Å²) >= 11 is 0. The van der Waals surface area contributed by atoms with Gasteiger partial charge in [0.1, 0.15) is 11.9 Å². The van der Waals surface area contributed by atoms with Gasteiger partial charge >= 0.3 is 5.97 Å². The molecule has 1 aromatic rings. The van der Waals surface area contributed by atoms with Crippen molar-refractivity contribution in [2.45, 2.75) is 26.4 Å². The summed E-state index contributed by atoms with van der Waals surface area (Å²) < 4.78 is 10.7. The Balaban J connectivity index is 2.15. The Morgan fingerprint density at radius 1 is 1.35 bits per heavy atom. The molecule has 1 aliphatic rings. The Kier molecular flexibility index (Phi) is 3.47. The molecule has 0 spiro atoms. The van der Waals surface area contributed by atoms with Gasteiger partial charge in [-0.05, 0) is 19.4 Å². The van der Waals surface area contributed by atoms with Gasteiger partial charge in [-0.25, -0.2) is 4.79 Å². The van der Waals surface area contributed by atoms with Crippen LogP contribution in [-0.4, -0.2) is 12.6 Å². The number of carbonyl (C=O) groups excluding carboxylic acids is 1. The van der Waals surface area contributed by atoms with Crippen LogP contribution >= 0.6 is 0 Å². The number of aryl methyl sites for hydroxylation is 1. The van der Waals surface area contributed by atoms with Gasteiger partial charge in [-0.3, -0.25) is 0 Å². The maximum atomic E-state index is 11.4. The van der Waals surface area contributed by atoms with Crippen LogP contribution in [0, 0.1) is 6.92 Å². The van der Waals surface area contributed by atoms with Gasteiger partial charge < -0.3 is 9.47 Å². The van der Waals surface area contributed by atoms with Crippen LogP contribution in [0.5, 0.6) is 0 Å². The molecule has 1 atom stereocenters.